The normalized spacial score (nSPS) is 10.5. The van der Waals surface area contributed by atoms with Crippen LogP contribution in [-0.4, -0.2) is 17.1 Å². The highest BCUT2D eigenvalue weighted by Crippen LogP contribution is 2.28. The van der Waals surface area contributed by atoms with E-state index >= 15 is 0 Å². The molecule has 0 fully saturated rings. The molecule has 4 N–H and O–H groups in total. The van der Waals surface area contributed by atoms with Crippen molar-refractivity contribution in [3.05, 3.63) is 77.6 Å². The number of hydrogen-bond acceptors (Lipinski definition) is 4. The van der Waals surface area contributed by atoms with E-state index in [1.807, 2.05) is 25.1 Å². The van der Waals surface area contributed by atoms with Crippen molar-refractivity contribution in [3.8, 4) is 11.1 Å². The molecule has 142 valence electrons. The fraction of sp³-hybridized carbons (Fsp3) is 0.174. The number of nitrogens with one attached hydrogen (secondary N) is 2. The summed E-state index contributed by atoms with van der Waals surface area (Å²) in [5.74, 6) is 0.00120. The monoisotopic (exact) mass is 372 g/mol. The minimum atomic E-state index is 0.00120. The van der Waals surface area contributed by atoms with E-state index in [2.05, 4.69) is 34.6 Å². The summed E-state index contributed by atoms with van der Waals surface area (Å²) in [6, 6.07) is 15.8. The molecule has 3 aromatic rings. The number of amides is 1. The number of nitrogens with two attached hydrogens (primary N) is 1. The molecule has 0 bridgehead atoms. The van der Waals surface area contributed by atoms with E-state index in [4.69, 9.17) is 11.1 Å². The second-order valence-electron chi connectivity index (χ2n) is 6.73. The van der Waals surface area contributed by atoms with Crippen LogP contribution in [0.5, 0.6) is 0 Å². The zero-order chi connectivity index (χ0) is 19.9. The molecule has 0 unspecified atom stereocenters. The predicted octanol–water partition coefficient (Wildman–Crippen LogP) is 4.60. The van der Waals surface area contributed by atoms with Gasteiger partial charge in [-0.05, 0) is 60.2 Å². The quantitative estimate of drug-likeness (QED) is 0.418. The summed E-state index contributed by atoms with van der Waals surface area (Å²) in [6.07, 6.45) is 6.71. The molecule has 0 spiro atoms. The highest BCUT2D eigenvalue weighted by Gasteiger charge is 2.08. The molecule has 1 aromatic heterocycles. The number of aromatic nitrogens is 1. The first-order valence-corrected chi connectivity index (χ1v) is 9.27. The highest BCUT2D eigenvalue weighted by molar-refractivity contribution is 5.91. The van der Waals surface area contributed by atoms with Gasteiger partial charge in [-0.15, -0.1) is 0 Å². The Hall–Kier alpha value is -3.47. The summed E-state index contributed by atoms with van der Waals surface area (Å²) in [6.45, 7) is 1.99. The van der Waals surface area contributed by atoms with Crippen molar-refractivity contribution in [1.29, 1.82) is 5.41 Å². The van der Waals surface area contributed by atoms with Gasteiger partial charge in [-0.2, -0.15) is 0 Å². The van der Waals surface area contributed by atoms with Gasteiger partial charge in [0.2, 0.25) is 5.91 Å². The Labute approximate surface area is 165 Å². The third-order valence-electron chi connectivity index (χ3n) is 4.77. The zero-order valence-corrected chi connectivity index (χ0v) is 15.9. The molecule has 2 aromatic carbocycles. The zero-order valence-electron chi connectivity index (χ0n) is 15.9. The first-order chi connectivity index (χ1) is 13.6. The number of nitrogen functional groups attached to an aromatic ring is 1. The first-order valence-electron chi connectivity index (χ1n) is 9.27. The molecule has 3 rings (SSSR count). The number of benzene rings is 2. The molecule has 5 heteroatoms. The van der Waals surface area contributed by atoms with Crippen LogP contribution < -0.4 is 11.1 Å². The highest BCUT2D eigenvalue weighted by atomic mass is 16.1. The van der Waals surface area contributed by atoms with Gasteiger partial charge < -0.3 is 16.5 Å². The molecule has 0 aliphatic rings. The number of nitrogens with zero attached hydrogens (tertiary/aromatic N) is 1. The Morgan fingerprint density at radius 3 is 2.64 bits per heavy atom. The molecular formula is C23H24N4O. The summed E-state index contributed by atoms with van der Waals surface area (Å²) in [5, 5.41) is 10.4. The van der Waals surface area contributed by atoms with Gasteiger partial charge in [0.05, 0.1) is 11.9 Å². The molecule has 0 saturated carbocycles. The number of hydrogen-bond donors (Lipinski definition) is 3. The van der Waals surface area contributed by atoms with Crippen molar-refractivity contribution < 1.29 is 4.79 Å². The molecule has 1 amide bonds. The predicted molar refractivity (Wildman–Crippen MR) is 115 cm³/mol. The van der Waals surface area contributed by atoms with Crippen molar-refractivity contribution in [2.45, 2.75) is 26.2 Å². The first kappa shape index (κ1) is 19.3. The van der Waals surface area contributed by atoms with Gasteiger partial charge in [0.25, 0.3) is 0 Å². The second kappa shape index (κ2) is 8.95. The number of carbonyl (C=O) groups is 1. The van der Waals surface area contributed by atoms with Gasteiger partial charge in [-0.3, -0.25) is 9.78 Å². The molecule has 1 heterocycles. The lowest BCUT2D eigenvalue weighted by atomic mass is 9.94. The lowest BCUT2D eigenvalue weighted by Crippen LogP contribution is -2.11. The van der Waals surface area contributed by atoms with Crippen LogP contribution in [0, 0.1) is 12.3 Å². The van der Waals surface area contributed by atoms with Crippen molar-refractivity contribution in [2.75, 3.05) is 11.1 Å². The maximum absolute atomic E-state index is 12.0. The van der Waals surface area contributed by atoms with Crippen LogP contribution >= 0.6 is 0 Å². The van der Waals surface area contributed by atoms with Gasteiger partial charge in [0.1, 0.15) is 0 Å². The van der Waals surface area contributed by atoms with E-state index in [0.29, 0.717) is 12.1 Å². The SMILES string of the molecule is Cc1c(-c2ccc(CCCC(=O)Nc3cccnc3)cc2)ccc(N)c1C=N. The number of pyridine rings is 1. The van der Waals surface area contributed by atoms with Crippen LogP contribution in [0.4, 0.5) is 11.4 Å². The van der Waals surface area contributed by atoms with Crippen molar-refractivity contribution in [2.24, 2.45) is 0 Å². The van der Waals surface area contributed by atoms with Gasteiger partial charge in [0.15, 0.2) is 0 Å². The maximum atomic E-state index is 12.0. The summed E-state index contributed by atoms with van der Waals surface area (Å²) in [5.41, 5.74) is 12.4. The molecule has 5 nitrogen and oxygen atoms in total. The third-order valence-corrected chi connectivity index (χ3v) is 4.77. The largest absolute Gasteiger partial charge is 0.398 e. The summed E-state index contributed by atoms with van der Waals surface area (Å²) >= 11 is 0. The van der Waals surface area contributed by atoms with Crippen LogP contribution in [0.15, 0.2) is 60.9 Å². The van der Waals surface area contributed by atoms with Crippen molar-refractivity contribution in [3.63, 3.8) is 0 Å². The number of rotatable bonds is 7. The average Bonchev–Trinajstić information content (AvgIpc) is 2.70. The van der Waals surface area contributed by atoms with Gasteiger partial charge >= 0.3 is 0 Å². The van der Waals surface area contributed by atoms with Crippen molar-refractivity contribution >= 4 is 23.5 Å². The molecule has 0 atom stereocenters. The fourth-order valence-electron chi connectivity index (χ4n) is 3.22. The second-order valence-corrected chi connectivity index (χ2v) is 6.73. The molecular weight excluding hydrogens is 348 g/mol. The molecule has 0 saturated heterocycles. The van der Waals surface area contributed by atoms with Crippen LogP contribution in [0.3, 0.4) is 0 Å². The molecule has 0 radical (unpaired) electrons. The van der Waals surface area contributed by atoms with E-state index < -0.39 is 0 Å². The van der Waals surface area contributed by atoms with Crippen LogP contribution in [0.25, 0.3) is 11.1 Å². The molecule has 0 aliphatic carbocycles. The molecule has 0 aliphatic heterocycles. The average molecular weight is 372 g/mol. The number of carbonyl (C=O) groups excluding carboxylic acids is 1. The Bertz CT molecular complexity index is 966. The maximum Gasteiger partial charge on any atom is 0.224 e. The lowest BCUT2D eigenvalue weighted by Gasteiger charge is -2.12. The van der Waals surface area contributed by atoms with Gasteiger partial charge in [-0.1, -0.05) is 30.3 Å². The van der Waals surface area contributed by atoms with Crippen molar-refractivity contribution in [1.82, 2.24) is 4.98 Å². The Balaban J connectivity index is 1.58. The van der Waals surface area contributed by atoms with Crippen LogP contribution in [-0.2, 0) is 11.2 Å². The van der Waals surface area contributed by atoms with Gasteiger partial charge in [0, 0.05) is 30.1 Å². The number of anilines is 2. The lowest BCUT2D eigenvalue weighted by molar-refractivity contribution is -0.116. The third kappa shape index (κ3) is 4.62. The van der Waals surface area contributed by atoms with Crippen LogP contribution in [0.2, 0.25) is 0 Å². The number of aryl methyl sites for hydroxylation is 1. The Kier molecular flexibility index (Phi) is 6.17. The summed E-state index contributed by atoms with van der Waals surface area (Å²) in [4.78, 5) is 16.0. The smallest absolute Gasteiger partial charge is 0.224 e. The van der Waals surface area contributed by atoms with E-state index in [1.165, 1.54) is 11.8 Å². The van der Waals surface area contributed by atoms with Crippen LogP contribution in [0.1, 0.15) is 29.5 Å². The molecule has 28 heavy (non-hydrogen) atoms. The van der Waals surface area contributed by atoms with E-state index in [0.717, 1.165) is 40.8 Å². The fourth-order valence-corrected chi connectivity index (χ4v) is 3.22. The minimum absolute atomic E-state index is 0.00120. The Morgan fingerprint density at radius 2 is 1.96 bits per heavy atom. The van der Waals surface area contributed by atoms with Gasteiger partial charge in [-0.25, -0.2) is 0 Å². The topological polar surface area (TPSA) is 91.9 Å². The Morgan fingerprint density at radius 1 is 1.18 bits per heavy atom. The summed E-state index contributed by atoms with van der Waals surface area (Å²) in [7, 11) is 0. The van der Waals surface area contributed by atoms with E-state index in [-0.39, 0.29) is 5.91 Å². The minimum Gasteiger partial charge on any atom is -0.398 e. The van der Waals surface area contributed by atoms with E-state index in [9.17, 15) is 4.79 Å². The van der Waals surface area contributed by atoms with E-state index in [1.54, 1.807) is 18.5 Å². The summed E-state index contributed by atoms with van der Waals surface area (Å²) < 4.78 is 0. The standard InChI is InChI=1S/C23H24N4O/c1-16-20(11-12-22(25)21(16)14-24)18-9-7-17(8-10-18)4-2-6-23(28)27-19-5-3-13-26-15-19/h3,5,7-15,24H,2,4,6,25H2,1H3,(H,27,28).